The quantitative estimate of drug-likeness (QED) is 0.266. The molecule has 1 fully saturated rings. The minimum absolute atomic E-state index is 0.0274. The Morgan fingerprint density at radius 1 is 1.20 bits per heavy atom. The van der Waals surface area contributed by atoms with Gasteiger partial charge in [0.25, 0.3) is 11.6 Å². The molecule has 3 rings (SSSR count). The van der Waals surface area contributed by atoms with E-state index in [1.165, 1.54) is 19.2 Å². The molecule has 0 saturated heterocycles. The predicted octanol–water partition coefficient (Wildman–Crippen LogP) is 2.83. The third-order valence-corrected chi connectivity index (χ3v) is 4.54. The number of rotatable bonds is 10. The Kier molecular flexibility index (Phi) is 6.97. The van der Waals surface area contributed by atoms with Gasteiger partial charge in [0.2, 0.25) is 6.10 Å². The van der Waals surface area contributed by atoms with E-state index in [2.05, 4.69) is 10.6 Å². The molecule has 9 heteroatoms. The van der Waals surface area contributed by atoms with Crippen molar-refractivity contribution in [2.75, 3.05) is 25.6 Å². The Hall–Kier alpha value is -3.46. The highest BCUT2D eigenvalue weighted by atomic mass is 16.6. The van der Waals surface area contributed by atoms with Gasteiger partial charge in [0.1, 0.15) is 0 Å². The normalized spacial score (nSPS) is 13.9. The predicted molar refractivity (Wildman–Crippen MR) is 109 cm³/mol. The Bertz CT molecular complexity index is 914. The summed E-state index contributed by atoms with van der Waals surface area (Å²) in [7, 11) is 1.54. The zero-order valence-electron chi connectivity index (χ0n) is 16.5. The van der Waals surface area contributed by atoms with Crippen LogP contribution in [0.25, 0.3) is 0 Å². The molecule has 1 atom stereocenters. The lowest BCUT2D eigenvalue weighted by Gasteiger charge is -2.19. The molecule has 2 aromatic carbocycles. The van der Waals surface area contributed by atoms with Gasteiger partial charge in [0, 0.05) is 43.1 Å². The number of esters is 1. The fourth-order valence-corrected chi connectivity index (χ4v) is 2.83. The van der Waals surface area contributed by atoms with Crippen LogP contribution in [0.1, 0.15) is 34.9 Å². The van der Waals surface area contributed by atoms with E-state index < -0.39 is 22.9 Å². The van der Waals surface area contributed by atoms with Crippen molar-refractivity contribution < 1.29 is 24.0 Å². The van der Waals surface area contributed by atoms with Crippen LogP contribution in [0, 0.1) is 10.1 Å². The number of methoxy groups -OCH3 is 1. The standard InChI is InChI=1S/C21H23N3O6/c1-29-12-11-22-18-10-9-16(24(27)28)13-17(18)21(26)30-19(14-5-3-2-4-6-14)20(25)23-15-7-8-15/h2-6,9-10,13,15,19,22H,7-8,11-12H2,1H3,(H,23,25)/t19-/m1/s1. The van der Waals surface area contributed by atoms with E-state index in [9.17, 15) is 19.7 Å². The van der Waals surface area contributed by atoms with Crippen LogP contribution >= 0.6 is 0 Å². The van der Waals surface area contributed by atoms with Crippen LogP contribution in [0.3, 0.4) is 0 Å². The molecule has 1 amide bonds. The van der Waals surface area contributed by atoms with Gasteiger partial charge in [-0.05, 0) is 18.9 Å². The minimum Gasteiger partial charge on any atom is -0.444 e. The second-order valence-corrected chi connectivity index (χ2v) is 6.89. The highest BCUT2D eigenvalue weighted by Crippen LogP contribution is 2.27. The number of nitro groups is 1. The number of hydrogen-bond acceptors (Lipinski definition) is 7. The van der Waals surface area contributed by atoms with Crippen LogP contribution in [0.15, 0.2) is 48.5 Å². The number of benzene rings is 2. The average Bonchev–Trinajstić information content (AvgIpc) is 3.56. The summed E-state index contributed by atoms with van der Waals surface area (Å²) in [4.78, 5) is 36.3. The van der Waals surface area contributed by atoms with Gasteiger partial charge in [-0.15, -0.1) is 0 Å². The Balaban J connectivity index is 1.87. The van der Waals surface area contributed by atoms with Crippen molar-refractivity contribution in [3.8, 4) is 0 Å². The van der Waals surface area contributed by atoms with Crippen LogP contribution in [0.2, 0.25) is 0 Å². The van der Waals surface area contributed by atoms with E-state index in [0.29, 0.717) is 24.4 Å². The van der Waals surface area contributed by atoms with Crippen molar-refractivity contribution >= 4 is 23.3 Å². The Labute approximate surface area is 173 Å². The lowest BCUT2D eigenvalue weighted by molar-refractivity contribution is -0.384. The SMILES string of the molecule is COCCNc1ccc([N+](=O)[O-])cc1C(=O)O[C@@H](C(=O)NC1CC1)c1ccccc1. The van der Waals surface area contributed by atoms with Gasteiger partial charge >= 0.3 is 5.97 Å². The summed E-state index contributed by atoms with van der Waals surface area (Å²) in [5, 5.41) is 17.0. The van der Waals surface area contributed by atoms with Crippen LogP contribution < -0.4 is 10.6 Å². The first-order valence-electron chi connectivity index (χ1n) is 9.57. The summed E-state index contributed by atoms with van der Waals surface area (Å²) in [6, 6.07) is 12.6. The molecular formula is C21H23N3O6. The molecule has 0 aliphatic heterocycles. The van der Waals surface area contributed by atoms with E-state index in [1.807, 2.05) is 0 Å². The molecule has 1 aliphatic rings. The second-order valence-electron chi connectivity index (χ2n) is 6.89. The monoisotopic (exact) mass is 413 g/mol. The number of hydrogen-bond donors (Lipinski definition) is 2. The zero-order valence-corrected chi connectivity index (χ0v) is 16.5. The van der Waals surface area contributed by atoms with E-state index in [1.54, 1.807) is 30.3 Å². The third kappa shape index (κ3) is 5.54. The first kappa shape index (κ1) is 21.3. The molecule has 2 N–H and O–H groups in total. The molecule has 1 saturated carbocycles. The molecule has 2 aromatic rings. The van der Waals surface area contributed by atoms with Crippen molar-refractivity contribution in [3.63, 3.8) is 0 Å². The van der Waals surface area contributed by atoms with Crippen molar-refractivity contribution in [2.45, 2.75) is 25.0 Å². The maximum atomic E-state index is 13.0. The van der Waals surface area contributed by atoms with Crippen molar-refractivity contribution in [1.82, 2.24) is 5.32 Å². The van der Waals surface area contributed by atoms with Gasteiger partial charge in [-0.2, -0.15) is 0 Å². The van der Waals surface area contributed by atoms with Crippen molar-refractivity contribution in [3.05, 3.63) is 69.8 Å². The van der Waals surface area contributed by atoms with Crippen LogP contribution in [0.5, 0.6) is 0 Å². The molecule has 9 nitrogen and oxygen atoms in total. The van der Waals surface area contributed by atoms with Crippen LogP contribution in [-0.4, -0.2) is 43.1 Å². The molecule has 0 heterocycles. The number of ether oxygens (including phenoxy) is 2. The van der Waals surface area contributed by atoms with E-state index in [0.717, 1.165) is 18.9 Å². The summed E-state index contributed by atoms with van der Waals surface area (Å²) in [5.41, 5.74) is 0.596. The van der Waals surface area contributed by atoms with Crippen molar-refractivity contribution in [1.29, 1.82) is 0 Å². The lowest BCUT2D eigenvalue weighted by atomic mass is 10.1. The molecule has 0 radical (unpaired) electrons. The van der Waals surface area contributed by atoms with Gasteiger partial charge < -0.3 is 20.1 Å². The highest BCUT2D eigenvalue weighted by Gasteiger charge is 2.32. The maximum absolute atomic E-state index is 13.0. The summed E-state index contributed by atoms with van der Waals surface area (Å²) in [6.07, 6.45) is 0.615. The lowest BCUT2D eigenvalue weighted by Crippen LogP contribution is -2.33. The molecule has 0 aromatic heterocycles. The largest absolute Gasteiger partial charge is 0.444 e. The number of carbonyl (C=O) groups excluding carboxylic acids is 2. The third-order valence-electron chi connectivity index (χ3n) is 4.54. The Morgan fingerprint density at radius 2 is 1.93 bits per heavy atom. The molecular weight excluding hydrogens is 390 g/mol. The van der Waals surface area contributed by atoms with Crippen LogP contribution in [0.4, 0.5) is 11.4 Å². The maximum Gasteiger partial charge on any atom is 0.341 e. The molecule has 0 bridgehead atoms. The molecule has 0 spiro atoms. The number of amides is 1. The average molecular weight is 413 g/mol. The smallest absolute Gasteiger partial charge is 0.341 e. The van der Waals surface area contributed by atoms with Crippen LogP contribution in [-0.2, 0) is 14.3 Å². The highest BCUT2D eigenvalue weighted by molar-refractivity contribution is 5.98. The summed E-state index contributed by atoms with van der Waals surface area (Å²) in [6.45, 7) is 0.765. The number of nitro benzene ring substituents is 1. The number of nitrogens with one attached hydrogen (secondary N) is 2. The number of anilines is 1. The van der Waals surface area contributed by atoms with Gasteiger partial charge in [-0.25, -0.2) is 4.79 Å². The first-order chi connectivity index (χ1) is 14.5. The number of nitrogens with zero attached hydrogens (tertiary/aromatic N) is 1. The zero-order chi connectivity index (χ0) is 21.5. The molecule has 30 heavy (non-hydrogen) atoms. The second kappa shape index (κ2) is 9.84. The van der Waals surface area contributed by atoms with Gasteiger partial charge in [-0.1, -0.05) is 30.3 Å². The molecule has 158 valence electrons. The molecule has 0 unspecified atom stereocenters. The van der Waals surface area contributed by atoms with Gasteiger partial charge in [0.05, 0.1) is 17.1 Å². The summed E-state index contributed by atoms with van der Waals surface area (Å²) < 4.78 is 10.5. The van der Waals surface area contributed by atoms with Crippen molar-refractivity contribution in [2.24, 2.45) is 0 Å². The fourth-order valence-electron chi connectivity index (χ4n) is 2.83. The fraction of sp³-hybridized carbons (Fsp3) is 0.333. The number of carbonyl (C=O) groups is 2. The summed E-state index contributed by atoms with van der Waals surface area (Å²) in [5.74, 6) is -1.25. The summed E-state index contributed by atoms with van der Waals surface area (Å²) >= 11 is 0. The Morgan fingerprint density at radius 3 is 2.57 bits per heavy atom. The molecule has 1 aliphatic carbocycles. The van der Waals surface area contributed by atoms with E-state index in [4.69, 9.17) is 9.47 Å². The first-order valence-corrected chi connectivity index (χ1v) is 9.57. The topological polar surface area (TPSA) is 120 Å². The van der Waals surface area contributed by atoms with Gasteiger partial charge in [0.15, 0.2) is 0 Å². The van der Waals surface area contributed by atoms with E-state index in [-0.39, 0.29) is 17.3 Å². The number of non-ortho nitro benzene ring substituents is 1. The van der Waals surface area contributed by atoms with Gasteiger partial charge in [-0.3, -0.25) is 14.9 Å². The minimum atomic E-state index is -1.16. The van der Waals surface area contributed by atoms with E-state index >= 15 is 0 Å².